The van der Waals surface area contributed by atoms with Crippen LogP contribution in [0.1, 0.15) is 36.6 Å². The third-order valence-corrected chi connectivity index (χ3v) is 4.56. The van der Waals surface area contributed by atoms with Crippen LogP contribution in [0.25, 0.3) is 11.0 Å². The number of benzene rings is 2. The van der Waals surface area contributed by atoms with Gasteiger partial charge in [-0.05, 0) is 49.1 Å². The zero-order chi connectivity index (χ0) is 19.4. The number of carbonyl (C=O) groups excluding carboxylic acids is 1. The number of fused-ring (bicyclic) bond motifs is 1. The van der Waals surface area contributed by atoms with Gasteiger partial charge in [0.25, 0.3) is 5.91 Å². The molecule has 1 amide bonds. The largest absolute Gasteiger partial charge is 0.484 e. The Bertz CT molecular complexity index is 1000. The SMILES string of the molecule is CCc1ccc(C(C)NC(=O)COc2ccc3c(C)cc(=O)oc3c2)cc1. The van der Waals surface area contributed by atoms with Gasteiger partial charge < -0.3 is 14.5 Å². The standard InChI is InChI=1S/C22H23NO4/c1-4-16-5-7-17(8-6-16)15(3)23-21(24)13-26-18-9-10-19-14(2)11-22(25)27-20(19)12-18/h5-12,15H,4,13H2,1-3H3,(H,23,24). The Hall–Kier alpha value is -3.08. The highest BCUT2D eigenvalue weighted by atomic mass is 16.5. The van der Waals surface area contributed by atoms with Crippen LogP contribution < -0.4 is 15.7 Å². The molecule has 140 valence electrons. The first-order valence-corrected chi connectivity index (χ1v) is 9.01. The molecule has 27 heavy (non-hydrogen) atoms. The quantitative estimate of drug-likeness (QED) is 0.672. The minimum Gasteiger partial charge on any atom is -0.484 e. The highest BCUT2D eigenvalue weighted by Crippen LogP contribution is 2.22. The smallest absolute Gasteiger partial charge is 0.336 e. The van der Waals surface area contributed by atoms with E-state index in [9.17, 15) is 9.59 Å². The number of hydrogen-bond acceptors (Lipinski definition) is 4. The zero-order valence-electron chi connectivity index (χ0n) is 15.7. The lowest BCUT2D eigenvalue weighted by Gasteiger charge is -2.15. The van der Waals surface area contributed by atoms with Gasteiger partial charge in [0, 0.05) is 17.5 Å². The molecule has 0 aliphatic carbocycles. The first kappa shape index (κ1) is 18.7. The van der Waals surface area contributed by atoms with Crippen molar-refractivity contribution in [3.05, 3.63) is 75.6 Å². The van der Waals surface area contributed by atoms with Gasteiger partial charge in [-0.2, -0.15) is 0 Å². The summed E-state index contributed by atoms with van der Waals surface area (Å²) in [6.07, 6.45) is 0.986. The Morgan fingerprint density at radius 2 is 1.89 bits per heavy atom. The molecule has 5 heteroatoms. The van der Waals surface area contributed by atoms with E-state index >= 15 is 0 Å². The molecular formula is C22H23NO4. The van der Waals surface area contributed by atoms with Crippen LogP contribution in [-0.4, -0.2) is 12.5 Å². The molecule has 0 aliphatic rings. The fourth-order valence-corrected chi connectivity index (χ4v) is 2.95. The van der Waals surface area contributed by atoms with Crippen molar-refractivity contribution in [2.45, 2.75) is 33.2 Å². The number of amides is 1. The highest BCUT2D eigenvalue weighted by Gasteiger charge is 2.11. The average Bonchev–Trinajstić information content (AvgIpc) is 2.66. The highest BCUT2D eigenvalue weighted by molar-refractivity contribution is 5.81. The molecule has 5 nitrogen and oxygen atoms in total. The molecule has 1 heterocycles. The molecule has 1 aromatic heterocycles. The second-order valence-corrected chi connectivity index (χ2v) is 6.58. The van der Waals surface area contributed by atoms with E-state index in [1.165, 1.54) is 11.6 Å². The van der Waals surface area contributed by atoms with Gasteiger partial charge in [-0.3, -0.25) is 4.79 Å². The van der Waals surface area contributed by atoms with Gasteiger partial charge in [0.1, 0.15) is 11.3 Å². The van der Waals surface area contributed by atoms with Gasteiger partial charge in [0.15, 0.2) is 6.61 Å². The van der Waals surface area contributed by atoms with Crippen molar-refractivity contribution in [3.8, 4) is 5.75 Å². The lowest BCUT2D eigenvalue weighted by Crippen LogP contribution is -2.31. The fourth-order valence-electron chi connectivity index (χ4n) is 2.95. The van der Waals surface area contributed by atoms with Crippen molar-refractivity contribution >= 4 is 16.9 Å². The summed E-state index contributed by atoms with van der Waals surface area (Å²) in [5, 5.41) is 3.77. The Labute approximate surface area is 158 Å². The number of carbonyl (C=O) groups is 1. The number of aryl methyl sites for hydroxylation is 2. The minimum atomic E-state index is -0.405. The number of hydrogen-bond donors (Lipinski definition) is 1. The number of rotatable bonds is 6. The van der Waals surface area contributed by atoms with E-state index in [-0.39, 0.29) is 18.6 Å². The molecule has 3 rings (SSSR count). The maximum absolute atomic E-state index is 12.2. The molecule has 0 aliphatic heterocycles. The molecule has 2 aromatic carbocycles. The van der Waals surface area contributed by atoms with Crippen LogP contribution in [0.2, 0.25) is 0 Å². The number of ether oxygens (including phenoxy) is 1. The summed E-state index contributed by atoms with van der Waals surface area (Å²) >= 11 is 0. The first-order chi connectivity index (χ1) is 13.0. The van der Waals surface area contributed by atoms with Crippen molar-refractivity contribution in [2.75, 3.05) is 6.61 Å². The molecule has 0 saturated carbocycles. The van der Waals surface area contributed by atoms with E-state index in [1.807, 2.05) is 32.0 Å². The Kier molecular flexibility index (Phi) is 5.60. The summed E-state index contributed by atoms with van der Waals surface area (Å²) in [5.74, 6) is 0.263. The third-order valence-electron chi connectivity index (χ3n) is 4.56. The van der Waals surface area contributed by atoms with E-state index < -0.39 is 5.63 Å². The van der Waals surface area contributed by atoms with E-state index in [0.29, 0.717) is 11.3 Å². The summed E-state index contributed by atoms with van der Waals surface area (Å²) in [6, 6.07) is 14.7. The molecule has 0 fully saturated rings. The molecule has 3 aromatic rings. The molecule has 1 unspecified atom stereocenters. The summed E-state index contributed by atoms with van der Waals surface area (Å²) in [5.41, 5.74) is 3.19. The van der Waals surface area contributed by atoms with E-state index in [0.717, 1.165) is 22.9 Å². The molecule has 0 bridgehead atoms. The molecule has 0 radical (unpaired) electrons. The van der Waals surface area contributed by atoms with Crippen molar-refractivity contribution in [1.82, 2.24) is 5.32 Å². The van der Waals surface area contributed by atoms with Crippen molar-refractivity contribution in [3.63, 3.8) is 0 Å². The summed E-state index contributed by atoms with van der Waals surface area (Å²) < 4.78 is 10.7. The van der Waals surface area contributed by atoms with Crippen LogP contribution >= 0.6 is 0 Å². The predicted molar refractivity (Wildman–Crippen MR) is 105 cm³/mol. The van der Waals surface area contributed by atoms with Gasteiger partial charge >= 0.3 is 5.63 Å². The van der Waals surface area contributed by atoms with Crippen LogP contribution in [0.5, 0.6) is 5.75 Å². The van der Waals surface area contributed by atoms with Crippen LogP contribution in [0.15, 0.2) is 57.7 Å². The average molecular weight is 365 g/mol. The van der Waals surface area contributed by atoms with Crippen LogP contribution in [0.4, 0.5) is 0 Å². The maximum Gasteiger partial charge on any atom is 0.336 e. The molecule has 1 N–H and O–H groups in total. The van der Waals surface area contributed by atoms with Gasteiger partial charge in [0.2, 0.25) is 0 Å². The Morgan fingerprint density at radius 1 is 1.15 bits per heavy atom. The van der Waals surface area contributed by atoms with Crippen molar-refractivity contribution in [1.29, 1.82) is 0 Å². The second kappa shape index (κ2) is 8.08. The topological polar surface area (TPSA) is 68.5 Å². The van der Waals surface area contributed by atoms with Crippen molar-refractivity contribution < 1.29 is 13.9 Å². The van der Waals surface area contributed by atoms with E-state index in [4.69, 9.17) is 9.15 Å². The van der Waals surface area contributed by atoms with Gasteiger partial charge in [-0.1, -0.05) is 31.2 Å². The van der Waals surface area contributed by atoms with E-state index in [1.54, 1.807) is 12.1 Å². The maximum atomic E-state index is 12.2. The molecule has 1 atom stereocenters. The molecular weight excluding hydrogens is 342 g/mol. The van der Waals surface area contributed by atoms with Gasteiger partial charge in [0.05, 0.1) is 6.04 Å². The lowest BCUT2D eigenvalue weighted by molar-refractivity contribution is -0.123. The summed E-state index contributed by atoms with van der Waals surface area (Å²) in [4.78, 5) is 23.7. The lowest BCUT2D eigenvalue weighted by atomic mass is 10.1. The Balaban J connectivity index is 1.61. The fraction of sp³-hybridized carbons (Fsp3) is 0.273. The monoisotopic (exact) mass is 365 g/mol. The van der Waals surface area contributed by atoms with Crippen molar-refractivity contribution in [2.24, 2.45) is 0 Å². The predicted octanol–water partition coefficient (Wildman–Crippen LogP) is 3.92. The minimum absolute atomic E-state index is 0.107. The summed E-state index contributed by atoms with van der Waals surface area (Å²) in [7, 11) is 0. The summed E-state index contributed by atoms with van der Waals surface area (Å²) in [6.45, 7) is 5.78. The normalized spacial score (nSPS) is 12.0. The molecule has 0 spiro atoms. The van der Waals surface area contributed by atoms with Crippen LogP contribution in [0.3, 0.4) is 0 Å². The third kappa shape index (κ3) is 4.56. The Morgan fingerprint density at radius 3 is 2.59 bits per heavy atom. The first-order valence-electron chi connectivity index (χ1n) is 9.01. The van der Waals surface area contributed by atoms with Gasteiger partial charge in [-0.15, -0.1) is 0 Å². The van der Waals surface area contributed by atoms with Gasteiger partial charge in [-0.25, -0.2) is 4.79 Å². The number of nitrogens with one attached hydrogen (secondary N) is 1. The zero-order valence-corrected chi connectivity index (χ0v) is 15.7. The second-order valence-electron chi connectivity index (χ2n) is 6.58. The van der Waals surface area contributed by atoms with E-state index in [2.05, 4.69) is 24.4 Å². The van der Waals surface area contributed by atoms with Crippen LogP contribution in [-0.2, 0) is 11.2 Å². The molecule has 0 saturated heterocycles. The van der Waals surface area contributed by atoms with Crippen LogP contribution in [0, 0.1) is 6.92 Å².